The first-order chi connectivity index (χ1) is 13.4. The Morgan fingerprint density at radius 3 is 2.39 bits per heavy atom. The quantitative estimate of drug-likeness (QED) is 0.159. The summed E-state index contributed by atoms with van der Waals surface area (Å²) in [5.41, 5.74) is 0. The van der Waals surface area contributed by atoms with Gasteiger partial charge in [0.05, 0.1) is 21.1 Å². The molecule has 1 fully saturated rings. The van der Waals surface area contributed by atoms with Gasteiger partial charge < -0.3 is 13.8 Å². The lowest BCUT2D eigenvalue weighted by Gasteiger charge is -2.23. The highest BCUT2D eigenvalue weighted by Gasteiger charge is 2.16. The third-order valence-corrected chi connectivity index (χ3v) is 7.25. The fourth-order valence-corrected chi connectivity index (χ4v) is 5.50. The Morgan fingerprint density at radius 1 is 1.21 bits per heavy atom. The van der Waals surface area contributed by atoms with Gasteiger partial charge >= 0.3 is 5.97 Å². The summed E-state index contributed by atoms with van der Waals surface area (Å²) in [5.74, 6) is 1.26. The minimum absolute atomic E-state index is 0.0306. The lowest BCUT2D eigenvalue weighted by molar-refractivity contribution is -0.870. The highest BCUT2D eigenvalue weighted by molar-refractivity contribution is 8.77. The monoisotopic (exact) mass is 448 g/mol. The number of ether oxygens (including phenoxy) is 1. The Labute approximate surface area is 184 Å². The third-order valence-electron chi connectivity index (χ3n) is 3.76. The van der Waals surface area contributed by atoms with Gasteiger partial charge in [-0.2, -0.15) is 0 Å². The predicted octanol–water partition coefficient (Wildman–Crippen LogP) is 6.23. The molecule has 0 radical (unpaired) electrons. The number of likely N-dealkylation sites (N-methyl/N-ethyl adjacent to an activating group) is 1. The van der Waals surface area contributed by atoms with Crippen LogP contribution in [0, 0.1) is 0 Å². The molecule has 1 aliphatic rings. The van der Waals surface area contributed by atoms with Crippen molar-refractivity contribution < 1.29 is 18.6 Å². The SMILES string of the molecule is CC.C[N+](C)(C)CCOC(=O)CCCCC1CCSS1.OSc1ccccc1. The van der Waals surface area contributed by atoms with E-state index in [0.29, 0.717) is 13.0 Å². The Bertz CT molecular complexity index is 489. The minimum atomic E-state index is -0.0306. The second kappa shape index (κ2) is 17.5. The molecule has 1 heterocycles. The molecule has 162 valence electrons. The van der Waals surface area contributed by atoms with Crippen LogP contribution in [0.1, 0.15) is 46.0 Å². The van der Waals surface area contributed by atoms with Crippen molar-refractivity contribution in [2.45, 2.75) is 56.1 Å². The van der Waals surface area contributed by atoms with E-state index >= 15 is 0 Å². The summed E-state index contributed by atoms with van der Waals surface area (Å²) in [4.78, 5) is 12.4. The molecule has 28 heavy (non-hydrogen) atoms. The number of esters is 1. The zero-order chi connectivity index (χ0) is 21.3. The fourth-order valence-electron chi connectivity index (χ4n) is 2.19. The number of carbonyl (C=O) groups is 1. The summed E-state index contributed by atoms with van der Waals surface area (Å²) < 4.78 is 14.5. The molecule has 0 amide bonds. The largest absolute Gasteiger partial charge is 0.460 e. The van der Waals surface area contributed by atoms with Gasteiger partial charge in [-0.3, -0.25) is 4.79 Å². The van der Waals surface area contributed by atoms with Gasteiger partial charge in [0.1, 0.15) is 13.2 Å². The zero-order valence-corrected chi connectivity index (χ0v) is 20.5. The minimum Gasteiger partial charge on any atom is -0.460 e. The molecular weight excluding hydrogens is 410 g/mol. The van der Waals surface area contributed by atoms with Crippen LogP contribution in [0.2, 0.25) is 0 Å². The van der Waals surface area contributed by atoms with E-state index < -0.39 is 0 Å². The van der Waals surface area contributed by atoms with Crippen molar-refractivity contribution in [1.29, 1.82) is 0 Å². The average Bonchev–Trinajstić information content (AvgIpc) is 3.20. The van der Waals surface area contributed by atoms with Gasteiger partial charge in [0, 0.05) is 34.4 Å². The van der Waals surface area contributed by atoms with E-state index in [1.165, 1.54) is 18.6 Å². The lowest BCUT2D eigenvalue weighted by Crippen LogP contribution is -2.38. The number of rotatable bonds is 9. The number of unbranched alkanes of at least 4 members (excludes halogenated alkanes) is 1. The van der Waals surface area contributed by atoms with E-state index in [-0.39, 0.29) is 5.97 Å². The number of hydrogen-bond donors (Lipinski definition) is 1. The fraction of sp³-hybridized carbons (Fsp3) is 0.667. The van der Waals surface area contributed by atoms with Gasteiger partial charge in [0.15, 0.2) is 0 Å². The number of carbonyl (C=O) groups excluding carboxylic acids is 1. The molecule has 4 nitrogen and oxygen atoms in total. The van der Waals surface area contributed by atoms with Crippen LogP contribution in [0.15, 0.2) is 35.2 Å². The molecule has 1 saturated heterocycles. The van der Waals surface area contributed by atoms with E-state index in [4.69, 9.17) is 9.29 Å². The highest BCUT2D eigenvalue weighted by atomic mass is 33.1. The van der Waals surface area contributed by atoms with Crippen LogP contribution in [0.25, 0.3) is 0 Å². The molecule has 1 atom stereocenters. The number of quaternary nitrogens is 1. The first kappa shape index (κ1) is 27.7. The van der Waals surface area contributed by atoms with Gasteiger partial charge in [-0.15, -0.1) is 0 Å². The van der Waals surface area contributed by atoms with Crippen molar-refractivity contribution in [3.63, 3.8) is 0 Å². The maximum Gasteiger partial charge on any atom is 0.305 e. The topological polar surface area (TPSA) is 46.5 Å². The first-order valence-corrected chi connectivity index (χ1v) is 13.2. The van der Waals surface area contributed by atoms with Crippen LogP contribution < -0.4 is 0 Å². The van der Waals surface area contributed by atoms with E-state index in [9.17, 15) is 4.79 Å². The molecule has 1 aliphatic heterocycles. The van der Waals surface area contributed by atoms with Crippen LogP contribution >= 0.6 is 33.6 Å². The maximum absolute atomic E-state index is 11.5. The van der Waals surface area contributed by atoms with Gasteiger partial charge in [0.25, 0.3) is 0 Å². The number of nitrogens with zero attached hydrogens (tertiary/aromatic N) is 1. The zero-order valence-electron chi connectivity index (χ0n) is 18.1. The van der Waals surface area contributed by atoms with Crippen LogP contribution in [-0.2, 0) is 9.53 Å². The van der Waals surface area contributed by atoms with Crippen molar-refractivity contribution in [2.24, 2.45) is 0 Å². The molecule has 0 aliphatic carbocycles. The van der Waals surface area contributed by atoms with Crippen molar-refractivity contribution >= 4 is 39.6 Å². The highest BCUT2D eigenvalue weighted by Crippen LogP contribution is 2.39. The number of hydrogen-bond acceptors (Lipinski definition) is 6. The molecule has 0 bridgehead atoms. The van der Waals surface area contributed by atoms with Crippen LogP contribution in [0.5, 0.6) is 0 Å². The van der Waals surface area contributed by atoms with Gasteiger partial charge in [-0.05, 0) is 31.4 Å². The molecular formula is C21H38NO3S3+. The average molecular weight is 449 g/mol. The van der Waals surface area contributed by atoms with Gasteiger partial charge in [-0.25, -0.2) is 0 Å². The van der Waals surface area contributed by atoms with E-state index in [1.54, 1.807) is 0 Å². The molecule has 0 spiro atoms. The van der Waals surface area contributed by atoms with Gasteiger partial charge in [0.2, 0.25) is 0 Å². The van der Waals surface area contributed by atoms with Crippen molar-refractivity contribution in [1.82, 2.24) is 0 Å². The summed E-state index contributed by atoms with van der Waals surface area (Å²) in [6.07, 6.45) is 5.31. The summed E-state index contributed by atoms with van der Waals surface area (Å²) in [6.45, 7) is 5.42. The Morgan fingerprint density at radius 2 is 1.89 bits per heavy atom. The second-order valence-electron chi connectivity index (χ2n) is 7.21. The first-order valence-electron chi connectivity index (χ1n) is 10.0. The molecule has 7 heteroatoms. The van der Waals surface area contributed by atoms with Crippen LogP contribution in [-0.4, -0.2) is 60.3 Å². The Balaban J connectivity index is 0.000000604. The smallest absolute Gasteiger partial charge is 0.305 e. The predicted molar refractivity (Wildman–Crippen MR) is 127 cm³/mol. The van der Waals surface area contributed by atoms with E-state index in [1.807, 2.05) is 65.8 Å². The summed E-state index contributed by atoms with van der Waals surface area (Å²) >= 11 is 0.769. The van der Waals surface area contributed by atoms with Crippen LogP contribution in [0.3, 0.4) is 0 Å². The Hall–Kier alpha value is -0.340. The molecule has 0 saturated carbocycles. The molecule has 1 unspecified atom stereocenters. The van der Waals surface area contributed by atoms with E-state index in [2.05, 4.69) is 21.1 Å². The number of benzene rings is 1. The maximum atomic E-state index is 11.5. The van der Waals surface area contributed by atoms with Crippen molar-refractivity contribution in [2.75, 3.05) is 40.0 Å². The Kier molecular flexibility index (Phi) is 17.3. The lowest BCUT2D eigenvalue weighted by atomic mass is 10.1. The molecule has 1 N–H and O–H groups in total. The summed E-state index contributed by atoms with van der Waals surface area (Å²) in [6, 6.07) is 9.40. The van der Waals surface area contributed by atoms with Crippen LogP contribution in [0.4, 0.5) is 0 Å². The summed E-state index contributed by atoms with van der Waals surface area (Å²) in [7, 11) is 10.3. The molecule has 1 aromatic carbocycles. The molecule has 0 aromatic heterocycles. The van der Waals surface area contributed by atoms with E-state index in [0.717, 1.165) is 46.1 Å². The second-order valence-corrected chi connectivity index (χ2v) is 10.7. The molecule has 2 rings (SSSR count). The van der Waals surface area contributed by atoms with Crippen molar-refractivity contribution in [3.8, 4) is 0 Å². The van der Waals surface area contributed by atoms with Crippen molar-refractivity contribution in [3.05, 3.63) is 30.3 Å². The molecule has 1 aromatic rings. The normalized spacial score (nSPS) is 15.7. The third kappa shape index (κ3) is 16.6. The summed E-state index contributed by atoms with van der Waals surface area (Å²) in [5, 5.41) is 0.823. The standard InChI is InChI=1S/C13H26NO2S2.C6H6OS.C2H6/c1-14(2,3)9-10-16-13(15)7-5-4-6-12-8-11-17-18-12;7-8-6-4-2-1-3-5-6;1-2/h12H,4-11H2,1-3H3;1-5,7H;1-2H3/q+1;;. The van der Waals surface area contributed by atoms with Gasteiger partial charge in [-0.1, -0.05) is 60.1 Å².